The molecule has 0 aliphatic carbocycles. The molecule has 1 saturated heterocycles. The number of carbonyl (C=O) groups is 1. The molecule has 1 aliphatic rings. The predicted octanol–water partition coefficient (Wildman–Crippen LogP) is 2.11. The van der Waals surface area contributed by atoms with E-state index in [-0.39, 0.29) is 5.78 Å². The number of carbonyl (C=O) groups excluding carboxylic acids is 1. The largest absolute Gasteiger partial charge is 0.380 e. The molecule has 0 bridgehead atoms. The van der Waals surface area contributed by atoms with Crippen molar-refractivity contribution in [1.29, 1.82) is 0 Å². The van der Waals surface area contributed by atoms with E-state index in [0.717, 1.165) is 25.1 Å². The highest BCUT2D eigenvalue weighted by atomic mass is 16.5. The van der Waals surface area contributed by atoms with E-state index in [9.17, 15) is 4.79 Å². The van der Waals surface area contributed by atoms with Crippen LogP contribution in [0.3, 0.4) is 0 Å². The van der Waals surface area contributed by atoms with Crippen molar-refractivity contribution in [3.8, 4) is 0 Å². The van der Waals surface area contributed by atoms with Gasteiger partial charge in [0.25, 0.3) is 0 Å². The van der Waals surface area contributed by atoms with Crippen molar-refractivity contribution in [1.82, 2.24) is 0 Å². The van der Waals surface area contributed by atoms with E-state index in [2.05, 4.69) is 4.90 Å². The van der Waals surface area contributed by atoms with Crippen LogP contribution in [0.25, 0.3) is 0 Å². The normalized spacial score (nSPS) is 20.1. The third-order valence-electron chi connectivity index (χ3n) is 3.12. The first-order valence-electron chi connectivity index (χ1n) is 5.59. The van der Waals surface area contributed by atoms with Gasteiger partial charge < -0.3 is 9.64 Å². The van der Waals surface area contributed by atoms with Crippen LogP contribution in [0, 0.1) is 0 Å². The van der Waals surface area contributed by atoms with Crippen LogP contribution < -0.4 is 4.90 Å². The summed E-state index contributed by atoms with van der Waals surface area (Å²) in [4.78, 5) is 13.4. The zero-order chi connectivity index (χ0) is 11.5. The maximum Gasteiger partial charge on any atom is 0.159 e. The van der Waals surface area contributed by atoms with Crippen LogP contribution in [0.5, 0.6) is 0 Å². The summed E-state index contributed by atoms with van der Waals surface area (Å²) in [6.07, 6.45) is 1.41. The number of Topliss-reactive ketones (excluding diaryl/α,β-unsaturated/α-hetero) is 1. The van der Waals surface area contributed by atoms with Crippen molar-refractivity contribution in [2.75, 3.05) is 25.1 Å². The van der Waals surface area contributed by atoms with Crippen LogP contribution in [0.15, 0.2) is 24.3 Å². The highest BCUT2D eigenvalue weighted by Crippen LogP contribution is 2.21. The van der Waals surface area contributed by atoms with Gasteiger partial charge in [0.15, 0.2) is 5.78 Å². The van der Waals surface area contributed by atoms with Crippen LogP contribution in [-0.2, 0) is 4.74 Å². The molecule has 16 heavy (non-hydrogen) atoms. The lowest BCUT2D eigenvalue weighted by molar-refractivity contribution is 0.101. The zero-order valence-electron chi connectivity index (χ0n) is 9.77. The number of methoxy groups -OCH3 is 1. The Kier molecular flexibility index (Phi) is 3.25. The van der Waals surface area contributed by atoms with Crippen molar-refractivity contribution >= 4 is 11.5 Å². The molecule has 0 radical (unpaired) electrons. The minimum Gasteiger partial charge on any atom is -0.380 e. The van der Waals surface area contributed by atoms with Gasteiger partial charge in [0.2, 0.25) is 0 Å². The average molecular weight is 219 g/mol. The second kappa shape index (κ2) is 4.66. The molecule has 0 amide bonds. The van der Waals surface area contributed by atoms with Gasteiger partial charge in [-0.3, -0.25) is 4.79 Å². The Labute approximate surface area is 96.0 Å². The maximum atomic E-state index is 11.1. The second-order valence-corrected chi connectivity index (χ2v) is 4.20. The third kappa shape index (κ3) is 2.25. The minimum absolute atomic E-state index is 0.114. The first kappa shape index (κ1) is 11.1. The molecule has 0 saturated carbocycles. The maximum absolute atomic E-state index is 11.1. The summed E-state index contributed by atoms with van der Waals surface area (Å²) in [6, 6.07) is 7.79. The molecule has 1 heterocycles. The number of hydrogen-bond donors (Lipinski definition) is 0. The summed E-state index contributed by atoms with van der Waals surface area (Å²) >= 11 is 0. The van der Waals surface area contributed by atoms with Gasteiger partial charge in [0.05, 0.1) is 6.10 Å². The topological polar surface area (TPSA) is 29.5 Å². The van der Waals surface area contributed by atoms with Crippen LogP contribution in [-0.4, -0.2) is 32.1 Å². The standard InChI is InChI=1S/C13H17NO2/c1-10(15)11-3-5-12(6-4-11)14-8-7-13(9-14)16-2/h3-6,13H,7-9H2,1-2H3. The molecule has 0 N–H and O–H groups in total. The SMILES string of the molecule is COC1CCN(c2ccc(C(C)=O)cc2)C1. The molecule has 86 valence electrons. The Hall–Kier alpha value is -1.35. The lowest BCUT2D eigenvalue weighted by Gasteiger charge is -2.18. The predicted molar refractivity (Wildman–Crippen MR) is 64.1 cm³/mol. The van der Waals surface area contributed by atoms with E-state index in [0.29, 0.717) is 6.10 Å². The highest BCUT2D eigenvalue weighted by molar-refractivity contribution is 5.94. The van der Waals surface area contributed by atoms with Gasteiger partial charge in [-0.2, -0.15) is 0 Å². The Morgan fingerprint density at radius 3 is 2.56 bits per heavy atom. The fourth-order valence-corrected chi connectivity index (χ4v) is 2.06. The van der Waals surface area contributed by atoms with Crippen molar-refractivity contribution in [2.24, 2.45) is 0 Å². The molecular formula is C13H17NO2. The quantitative estimate of drug-likeness (QED) is 0.729. The molecule has 0 spiro atoms. The van der Waals surface area contributed by atoms with E-state index >= 15 is 0 Å². The number of benzene rings is 1. The lowest BCUT2D eigenvalue weighted by atomic mass is 10.1. The number of ketones is 1. The van der Waals surface area contributed by atoms with E-state index in [4.69, 9.17) is 4.74 Å². The van der Waals surface area contributed by atoms with E-state index in [1.807, 2.05) is 24.3 Å². The van der Waals surface area contributed by atoms with Crippen molar-refractivity contribution in [3.63, 3.8) is 0 Å². The molecule has 0 aromatic heterocycles. The number of hydrogen-bond acceptors (Lipinski definition) is 3. The highest BCUT2D eigenvalue weighted by Gasteiger charge is 2.21. The molecule has 3 heteroatoms. The Bertz CT molecular complexity index is 372. The fourth-order valence-electron chi connectivity index (χ4n) is 2.06. The van der Waals surface area contributed by atoms with Gasteiger partial charge in [-0.05, 0) is 37.6 Å². The van der Waals surface area contributed by atoms with Crippen LogP contribution in [0.1, 0.15) is 23.7 Å². The van der Waals surface area contributed by atoms with E-state index < -0.39 is 0 Å². The molecule has 1 atom stereocenters. The Morgan fingerprint density at radius 1 is 1.38 bits per heavy atom. The summed E-state index contributed by atoms with van der Waals surface area (Å²) in [6.45, 7) is 3.56. The third-order valence-corrected chi connectivity index (χ3v) is 3.12. The van der Waals surface area contributed by atoms with Gasteiger partial charge in [0, 0.05) is 31.5 Å². The summed E-state index contributed by atoms with van der Waals surface area (Å²) in [5.41, 5.74) is 1.94. The second-order valence-electron chi connectivity index (χ2n) is 4.20. The smallest absolute Gasteiger partial charge is 0.159 e. The first-order valence-corrected chi connectivity index (χ1v) is 5.59. The minimum atomic E-state index is 0.114. The molecule has 2 rings (SSSR count). The lowest BCUT2D eigenvalue weighted by Crippen LogP contribution is -2.22. The summed E-state index contributed by atoms with van der Waals surface area (Å²) in [5, 5.41) is 0. The van der Waals surface area contributed by atoms with Crippen molar-refractivity contribution in [3.05, 3.63) is 29.8 Å². The van der Waals surface area contributed by atoms with Gasteiger partial charge in [-0.25, -0.2) is 0 Å². The molecule has 1 fully saturated rings. The number of rotatable bonds is 3. The van der Waals surface area contributed by atoms with E-state index in [1.165, 1.54) is 5.69 Å². The zero-order valence-corrected chi connectivity index (χ0v) is 9.77. The summed E-state index contributed by atoms with van der Waals surface area (Å²) < 4.78 is 5.33. The van der Waals surface area contributed by atoms with Crippen LogP contribution in [0.4, 0.5) is 5.69 Å². The molecule has 3 nitrogen and oxygen atoms in total. The fraction of sp³-hybridized carbons (Fsp3) is 0.462. The van der Waals surface area contributed by atoms with Crippen molar-refractivity contribution < 1.29 is 9.53 Å². The van der Waals surface area contributed by atoms with Crippen LogP contribution in [0.2, 0.25) is 0 Å². The molecule has 1 aromatic rings. The van der Waals surface area contributed by atoms with Gasteiger partial charge in [-0.1, -0.05) is 0 Å². The monoisotopic (exact) mass is 219 g/mol. The van der Waals surface area contributed by atoms with Crippen LogP contribution >= 0.6 is 0 Å². The molecular weight excluding hydrogens is 202 g/mol. The number of nitrogens with zero attached hydrogens (tertiary/aromatic N) is 1. The number of anilines is 1. The van der Waals surface area contributed by atoms with Crippen molar-refractivity contribution in [2.45, 2.75) is 19.4 Å². The van der Waals surface area contributed by atoms with Gasteiger partial charge >= 0.3 is 0 Å². The molecule has 1 aromatic carbocycles. The van der Waals surface area contributed by atoms with E-state index in [1.54, 1.807) is 14.0 Å². The van der Waals surface area contributed by atoms with Gasteiger partial charge in [0.1, 0.15) is 0 Å². The Balaban J connectivity index is 2.08. The molecule has 1 unspecified atom stereocenters. The first-order chi connectivity index (χ1) is 7.70. The van der Waals surface area contributed by atoms with Gasteiger partial charge in [-0.15, -0.1) is 0 Å². The Morgan fingerprint density at radius 2 is 2.06 bits per heavy atom. The average Bonchev–Trinajstić information content (AvgIpc) is 2.77. The summed E-state index contributed by atoms with van der Waals surface area (Å²) in [7, 11) is 1.76. The number of ether oxygens (including phenoxy) is 1. The summed E-state index contributed by atoms with van der Waals surface area (Å²) in [5.74, 6) is 0.114. The molecule has 1 aliphatic heterocycles.